The van der Waals surface area contributed by atoms with Gasteiger partial charge in [-0.3, -0.25) is 4.79 Å². The topological polar surface area (TPSA) is 62.1 Å². The monoisotopic (exact) mass is 389 g/mol. The van der Waals surface area contributed by atoms with E-state index in [4.69, 9.17) is 9.40 Å². The third-order valence-electron chi connectivity index (χ3n) is 5.52. The molecule has 0 atom stereocenters. The van der Waals surface area contributed by atoms with Crippen LogP contribution in [0, 0.1) is 5.82 Å². The number of carbonyl (C=O) groups excluding carboxylic acids is 1. The van der Waals surface area contributed by atoms with Crippen molar-refractivity contribution >= 4 is 16.9 Å². The molecule has 1 N–H and O–H groups in total. The first kappa shape index (κ1) is 17.7. The number of piperidine rings is 1. The lowest BCUT2D eigenvalue weighted by Crippen LogP contribution is -2.37. The second-order valence-corrected chi connectivity index (χ2v) is 7.38. The van der Waals surface area contributed by atoms with E-state index in [0.717, 1.165) is 35.3 Å². The van der Waals surface area contributed by atoms with Crippen molar-refractivity contribution in [1.82, 2.24) is 14.9 Å². The summed E-state index contributed by atoms with van der Waals surface area (Å²) < 4.78 is 18.8. The molecule has 29 heavy (non-hydrogen) atoms. The number of halogens is 1. The number of likely N-dealkylation sites (tertiary alicyclic amines) is 1. The Morgan fingerprint density at radius 3 is 2.55 bits per heavy atom. The zero-order valence-corrected chi connectivity index (χ0v) is 15.8. The number of hydrogen-bond donors (Lipinski definition) is 1. The highest BCUT2D eigenvalue weighted by atomic mass is 19.1. The van der Waals surface area contributed by atoms with E-state index < -0.39 is 0 Å². The molecule has 0 spiro atoms. The molecule has 5 rings (SSSR count). The Balaban J connectivity index is 1.26. The van der Waals surface area contributed by atoms with Crippen molar-refractivity contribution in [1.29, 1.82) is 0 Å². The highest BCUT2D eigenvalue weighted by molar-refractivity contribution is 5.92. The summed E-state index contributed by atoms with van der Waals surface area (Å²) in [6.45, 7) is 1.32. The Morgan fingerprint density at radius 1 is 1.03 bits per heavy atom. The number of furan rings is 1. The fourth-order valence-corrected chi connectivity index (χ4v) is 3.90. The largest absolute Gasteiger partial charge is 0.451 e. The number of hydrogen-bond acceptors (Lipinski definition) is 3. The number of rotatable bonds is 3. The normalized spacial score (nSPS) is 15.1. The van der Waals surface area contributed by atoms with Gasteiger partial charge >= 0.3 is 0 Å². The first-order valence-electron chi connectivity index (χ1n) is 9.77. The number of aromatic amines is 1. The van der Waals surface area contributed by atoms with Crippen LogP contribution in [-0.4, -0.2) is 33.9 Å². The lowest BCUT2D eigenvalue weighted by Gasteiger charge is -2.30. The summed E-state index contributed by atoms with van der Waals surface area (Å²) in [5.74, 6) is 1.77. The van der Waals surface area contributed by atoms with Gasteiger partial charge < -0.3 is 14.3 Å². The SMILES string of the molecule is O=C(c1ccc(-c2ccc(F)cc2)o1)N1CCC(c2nc3ccccc3[nH]2)CC1. The molecule has 1 aliphatic heterocycles. The van der Waals surface area contributed by atoms with Crippen LogP contribution in [0.4, 0.5) is 4.39 Å². The van der Waals surface area contributed by atoms with Gasteiger partial charge in [0.15, 0.2) is 5.76 Å². The molecular formula is C23H20FN3O2. The van der Waals surface area contributed by atoms with E-state index in [-0.39, 0.29) is 11.7 Å². The molecule has 0 unspecified atom stereocenters. The Bertz CT molecular complexity index is 1120. The maximum absolute atomic E-state index is 13.1. The highest BCUT2D eigenvalue weighted by Gasteiger charge is 2.27. The molecule has 1 aliphatic rings. The molecule has 5 nitrogen and oxygen atoms in total. The van der Waals surface area contributed by atoms with Crippen LogP contribution in [0.5, 0.6) is 0 Å². The Labute approximate surface area is 167 Å². The molecule has 1 saturated heterocycles. The van der Waals surface area contributed by atoms with Gasteiger partial charge in [0.25, 0.3) is 5.91 Å². The van der Waals surface area contributed by atoms with Crippen molar-refractivity contribution in [3.63, 3.8) is 0 Å². The maximum atomic E-state index is 13.1. The molecule has 2 aromatic carbocycles. The highest BCUT2D eigenvalue weighted by Crippen LogP contribution is 2.29. The maximum Gasteiger partial charge on any atom is 0.289 e. The van der Waals surface area contributed by atoms with E-state index in [1.165, 1.54) is 12.1 Å². The van der Waals surface area contributed by atoms with Crippen molar-refractivity contribution in [2.24, 2.45) is 0 Å². The third kappa shape index (κ3) is 3.42. The summed E-state index contributed by atoms with van der Waals surface area (Å²) in [7, 11) is 0. The summed E-state index contributed by atoms with van der Waals surface area (Å²) in [6, 6.07) is 17.5. The second-order valence-electron chi connectivity index (χ2n) is 7.38. The lowest BCUT2D eigenvalue weighted by atomic mass is 9.96. The van der Waals surface area contributed by atoms with Crippen LogP contribution in [0.3, 0.4) is 0 Å². The first-order chi connectivity index (χ1) is 14.2. The van der Waals surface area contributed by atoms with E-state index in [1.807, 2.05) is 29.2 Å². The van der Waals surface area contributed by atoms with Gasteiger partial charge in [0.1, 0.15) is 17.4 Å². The van der Waals surface area contributed by atoms with Crippen molar-refractivity contribution < 1.29 is 13.6 Å². The summed E-state index contributed by atoms with van der Waals surface area (Å²) in [6.07, 6.45) is 1.72. The van der Waals surface area contributed by atoms with E-state index in [0.29, 0.717) is 30.5 Å². The van der Waals surface area contributed by atoms with Crippen molar-refractivity contribution in [2.45, 2.75) is 18.8 Å². The Kier molecular flexibility index (Phi) is 4.39. The van der Waals surface area contributed by atoms with Crippen molar-refractivity contribution in [2.75, 3.05) is 13.1 Å². The Hall–Kier alpha value is -3.41. The zero-order chi connectivity index (χ0) is 19.8. The molecule has 146 valence electrons. The lowest BCUT2D eigenvalue weighted by molar-refractivity contribution is 0.0680. The van der Waals surface area contributed by atoms with E-state index in [2.05, 4.69) is 4.98 Å². The van der Waals surface area contributed by atoms with E-state index in [1.54, 1.807) is 24.3 Å². The number of fused-ring (bicyclic) bond motifs is 1. The molecule has 4 aromatic rings. The molecule has 2 aromatic heterocycles. The number of imidazole rings is 1. The van der Waals surface area contributed by atoms with Gasteiger partial charge in [0.05, 0.1) is 11.0 Å². The molecule has 0 aliphatic carbocycles. The summed E-state index contributed by atoms with van der Waals surface area (Å²) in [5, 5.41) is 0. The summed E-state index contributed by atoms with van der Waals surface area (Å²) in [4.78, 5) is 22.8. The van der Waals surface area contributed by atoms with Gasteiger partial charge in [-0.1, -0.05) is 12.1 Å². The van der Waals surface area contributed by atoms with Crippen LogP contribution in [0.1, 0.15) is 35.1 Å². The molecular weight excluding hydrogens is 369 g/mol. The van der Waals surface area contributed by atoms with Gasteiger partial charge in [0, 0.05) is 24.6 Å². The molecule has 0 radical (unpaired) electrons. The number of nitrogens with one attached hydrogen (secondary N) is 1. The fourth-order valence-electron chi connectivity index (χ4n) is 3.90. The van der Waals surface area contributed by atoms with Gasteiger partial charge in [-0.25, -0.2) is 9.37 Å². The molecule has 6 heteroatoms. The van der Waals surface area contributed by atoms with Crippen molar-refractivity contribution in [3.8, 4) is 11.3 Å². The van der Waals surface area contributed by atoms with E-state index in [9.17, 15) is 9.18 Å². The Morgan fingerprint density at radius 2 is 1.79 bits per heavy atom. The number of benzene rings is 2. The van der Waals surface area contributed by atoms with Crippen LogP contribution in [0.15, 0.2) is 65.1 Å². The molecule has 1 amide bonds. The predicted octanol–water partition coefficient (Wildman–Crippen LogP) is 4.98. The minimum absolute atomic E-state index is 0.110. The van der Waals surface area contributed by atoms with Crippen molar-refractivity contribution in [3.05, 3.63) is 78.1 Å². The standard InChI is InChI=1S/C23H20FN3O2/c24-17-7-5-15(6-8-17)20-9-10-21(29-20)23(28)27-13-11-16(12-14-27)22-25-18-3-1-2-4-19(18)26-22/h1-10,16H,11-14H2,(H,25,26). The average Bonchev–Trinajstić information content (AvgIpc) is 3.41. The number of carbonyl (C=O) groups is 1. The third-order valence-corrected chi connectivity index (χ3v) is 5.52. The van der Waals surface area contributed by atoms with E-state index >= 15 is 0 Å². The number of amides is 1. The average molecular weight is 389 g/mol. The molecule has 0 saturated carbocycles. The predicted molar refractivity (Wildman–Crippen MR) is 108 cm³/mol. The fraction of sp³-hybridized carbons (Fsp3) is 0.217. The number of aromatic nitrogens is 2. The first-order valence-corrected chi connectivity index (χ1v) is 9.77. The second kappa shape index (κ2) is 7.20. The number of para-hydroxylation sites is 2. The summed E-state index contributed by atoms with van der Waals surface area (Å²) >= 11 is 0. The van der Waals surface area contributed by atoms with Crippen LogP contribution in [0.25, 0.3) is 22.4 Å². The van der Waals surface area contributed by atoms with Crippen LogP contribution in [0.2, 0.25) is 0 Å². The number of H-pyrrole nitrogens is 1. The van der Waals surface area contributed by atoms with Crippen LogP contribution in [-0.2, 0) is 0 Å². The molecule has 1 fully saturated rings. The minimum Gasteiger partial charge on any atom is -0.451 e. The number of nitrogens with zero attached hydrogens (tertiary/aromatic N) is 2. The van der Waals surface area contributed by atoms with Gasteiger partial charge in [-0.15, -0.1) is 0 Å². The van der Waals surface area contributed by atoms with Crippen LogP contribution < -0.4 is 0 Å². The molecule has 3 heterocycles. The smallest absolute Gasteiger partial charge is 0.289 e. The summed E-state index contributed by atoms with van der Waals surface area (Å²) in [5.41, 5.74) is 2.77. The quantitative estimate of drug-likeness (QED) is 0.537. The van der Waals surface area contributed by atoms with Gasteiger partial charge in [-0.2, -0.15) is 0 Å². The zero-order valence-electron chi connectivity index (χ0n) is 15.8. The molecule has 0 bridgehead atoms. The van der Waals surface area contributed by atoms with Crippen LogP contribution >= 0.6 is 0 Å². The minimum atomic E-state index is -0.302. The van der Waals surface area contributed by atoms with Gasteiger partial charge in [0.2, 0.25) is 0 Å². The van der Waals surface area contributed by atoms with Gasteiger partial charge in [-0.05, 0) is 61.4 Å².